The van der Waals surface area contributed by atoms with E-state index < -0.39 is 0 Å². The van der Waals surface area contributed by atoms with Gasteiger partial charge in [-0.05, 0) is 67.8 Å². The van der Waals surface area contributed by atoms with Crippen LogP contribution in [0.3, 0.4) is 0 Å². The summed E-state index contributed by atoms with van der Waals surface area (Å²) in [4.78, 5) is 0. The molecule has 0 amide bonds. The second kappa shape index (κ2) is 5.29. The first-order valence-electron chi connectivity index (χ1n) is 5.77. The molecule has 94 valence electrons. The predicted molar refractivity (Wildman–Crippen MR) is 77.4 cm³/mol. The van der Waals surface area contributed by atoms with Crippen molar-refractivity contribution >= 4 is 31.9 Å². The van der Waals surface area contributed by atoms with Crippen LogP contribution in [0, 0.1) is 5.41 Å². The Kier molecular flexibility index (Phi) is 4.16. The summed E-state index contributed by atoms with van der Waals surface area (Å²) in [6.07, 6.45) is 2.71. The monoisotopic (exact) mass is 361 g/mol. The predicted octanol–water partition coefficient (Wildman–Crippen LogP) is 4.11. The van der Waals surface area contributed by atoms with Crippen LogP contribution in [0.2, 0.25) is 0 Å². The molecule has 0 radical (unpaired) electrons. The van der Waals surface area contributed by atoms with Crippen molar-refractivity contribution in [1.82, 2.24) is 5.32 Å². The molecule has 1 aliphatic carbocycles. The Morgan fingerprint density at radius 2 is 1.88 bits per heavy atom. The number of ether oxygens (including phenoxy) is 1. The van der Waals surface area contributed by atoms with Gasteiger partial charge in [0.05, 0.1) is 16.1 Å². The Bertz CT molecular complexity index is 393. The molecule has 0 aliphatic heterocycles. The highest BCUT2D eigenvalue weighted by molar-refractivity contribution is 9.11. The summed E-state index contributed by atoms with van der Waals surface area (Å²) in [5.41, 5.74) is 1.81. The van der Waals surface area contributed by atoms with E-state index in [1.165, 1.54) is 18.4 Å². The van der Waals surface area contributed by atoms with Crippen molar-refractivity contribution in [1.29, 1.82) is 0 Å². The van der Waals surface area contributed by atoms with Gasteiger partial charge in [0.15, 0.2) is 0 Å². The summed E-state index contributed by atoms with van der Waals surface area (Å²) < 4.78 is 7.26. The molecule has 1 N–H and O–H groups in total. The molecule has 0 spiro atoms. The lowest BCUT2D eigenvalue weighted by Crippen LogP contribution is -2.21. The van der Waals surface area contributed by atoms with Crippen molar-refractivity contribution in [3.63, 3.8) is 0 Å². The maximum Gasteiger partial charge on any atom is 0.147 e. The van der Waals surface area contributed by atoms with Gasteiger partial charge in [-0.3, -0.25) is 0 Å². The Labute approximate surface area is 119 Å². The SMILES string of the molecule is COc1c(Br)cc(CNCC2(C)CC2)cc1Br. The first-order chi connectivity index (χ1) is 8.04. The molecule has 1 aliphatic rings. The smallest absolute Gasteiger partial charge is 0.147 e. The van der Waals surface area contributed by atoms with E-state index in [-0.39, 0.29) is 0 Å². The van der Waals surface area contributed by atoms with Gasteiger partial charge in [-0.25, -0.2) is 0 Å². The van der Waals surface area contributed by atoms with Crippen molar-refractivity contribution in [2.24, 2.45) is 5.41 Å². The zero-order valence-electron chi connectivity index (χ0n) is 10.1. The lowest BCUT2D eigenvalue weighted by Gasteiger charge is -2.12. The topological polar surface area (TPSA) is 21.3 Å². The third-order valence-electron chi connectivity index (χ3n) is 3.25. The van der Waals surface area contributed by atoms with Crippen LogP contribution < -0.4 is 10.1 Å². The molecule has 0 saturated heterocycles. The first kappa shape index (κ1) is 13.4. The Morgan fingerprint density at radius 1 is 1.29 bits per heavy atom. The highest BCUT2D eigenvalue weighted by Crippen LogP contribution is 2.44. The van der Waals surface area contributed by atoms with Crippen molar-refractivity contribution < 1.29 is 4.74 Å². The molecular formula is C13H17Br2NO. The summed E-state index contributed by atoms with van der Waals surface area (Å²) in [5, 5.41) is 3.51. The van der Waals surface area contributed by atoms with Crippen molar-refractivity contribution in [2.45, 2.75) is 26.3 Å². The van der Waals surface area contributed by atoms with Crippen LogP contribution in [-0.4, -0.2) is 13.7 Å². The van der Waals surface area contributed by atoms with Crippen LogP contribution in [0.4, 0.5) is 0 Å². The highest BCUT2D eigenvalue weighted by Gasteiger charge is 2.36. The fourth-order valence-electron chi connectivity index (χ4n) is 1.81. The van der Waals surface area contributed by atoms with Gasteiger partial charge in [-0.15, -0.1) is 0 Å². The summed E-state index contributed by atoms with van der Waals surface area (Å²) in [5.74, 6) is 0.850. The van der Waals surface area contributed by atoms with E-state index in [0.29, 0.717) is 5.41 Å². The average molecular weight is 363 g/mol. The zero-order valence-corrected chi connectivity index (χ0v) is 13.3. The zero-order chi connectivity index (χ0) is 12.5. The number of nitrogens with one attached hydrogen (secondary N) is 1. The third kappa shape index (κ3) is 3.46. The summed E-state index contributed by atoms with van der Waals surface area (Å²) in [6, 6.07) is 4.21. The summed E-state index contributed by atoms with van der Waals surface area (Å²) in [6.45, 7) is 4.34. The number of halogens is 2. The quantitative estimate of drug-likeness (QED) is 0.850. The Balaban J connectivity index is 1.96. The minimum atomic E-state index is 0.556. The molecule has 0 unspecified atom stereocenters. The van der Waals surface area contributed by atoms with Gasteiger partial charge in [0.1, 0.15) is 5.75 Å². The molecule has 4 heteroatoms. The van der Waals surface area contributed by atoms with Crippen LogP contribution in [0.25, 0.3) is 0 Å². The second-order valence-corrected chi connectivity index (χ2v) is 6.72. The van der Waals surface area contributed by atoms with E-state index in [0.717, 1.165) is 27.8 Å². The third-order valence-corrected chi connectivity index (χ3v) is 4.42. The van der Waals surface area contributed by atoms with Crippen LogP contribution in [0.15, 0.2) is 21.1 Å². The van der Waals surface area contributed by atoms with Crippen molar-refractivity contribution in [2.75, 3.05) is 13.7 Å². The van der Waals surface area contributed by atoms with Crippen molar-refractivity contribution in [3.05, 3.63) is 26.6 Å². The molecular weight excluding hydrogens is 346 g/mol. The average Bonchev–Trinajstić information content (AvgIpc) is 2.96. The minimum absolute atomic E-state index is 0.556. The summed E-state index contributed by atoms with van der Waals surface area (Å²) in [7, 11) is 1.68. The molecule has 1 saturated carbocycles. The van der Waals surface area contributed by atoms with E-state index in [2.05, 4.69) is 56.2 Å². The van der Waals surface area contributed by atoms with E-state index in [1.807, 2.05) is 0 Å². The maximum absolute atomic E-state index is 5.29. The van der Waals surface area contributed by atoms with Gasteiger partial charge in [-0.2, -0.15) is 0 Å². The number of hydrogen-bond acceptors (Lipinski definition) is 2. The fourth-order valence-corrected chi connectivity index (χ4v) is 3.41. The maximum atomic E-state index is 5.29. The molecule has 2 rings (SSSR count). The largest absolute Gasteiger partial charge is 0.494 e. The van der Waals surface area contributed by atoms with E-state index in [1.54, 1.807) is 7.11 Å². The molecule has 2 nitrogen and oxygen atoms in total. The molecule has 1 aromatic rings. The van der Waals surface area contributed by atoms with Gasteiger partial charge in [0.25, 0.3) is 0 Å². The Morgan fingerprint density at radius 3 is 2.35 bits per heavy atom. The van der Waals surface area contributed by atoms with Crippen molar-refractivity contribution in [3.8, 4) is 5.75 Å². The lowest BCUT2D eigenvalue weighted by molar-refractivity contribution is 0.409. The highest BCUT2D eigenvalue weighted by atomic mass is 79.9. The van der Waals surface area contributed by atoms with Crippen LogP contribution in [-0.2, 0) is 6.54 Å². The Hall–Kier alpha value is -0.0600. The molecule has 0 atom stereocenters. The van der Waals surface area contributed by atoms with Gasteiger partial charge >= 0.3 is 0 Å². The van der Waals surface area contributed by atoms with Crippen LogP contribution >= 0.6 is 31.9 Å². The minimum Gasteiger partial charge on any atom is -0.494 e. The summed E-state index contributed by atoms with van der Waals surface area (Å²) >= 11 is 7.04. The number of rotatable bonds is 5. The van der Waals surface area contributed by atoms with Gasteiger partial charge in [0.2, 0.25) is 0 Å². The van der Waals surface area contributed by atoms with E-state index in [9.17, 15) is 0 Å². The van der Waals surface area contributed by atoms with Gasteiger partial charge in [-0.1, -0.05) is 6.92 Å². The second-order valence-electron chi connectivity index (χ2n) is 5.01. The van der Waals surface area contributed by atoms with Gasteiger partial charge in [0, 0.05) is 13.1 Å². The van der Waals surface area contributed by atoms with E-state index in [4.69, 9.17) is 4.74 Å². The fraction of sp³-hybridized carbons (Fsp3) is 0.538. The van der Waals surface area contributed by atoms with Gasteiger partial charge < -0.3 is 10.1 Å². The lowest BCUT2D eigenvalue weighted by atomic mass is 10.1. The molecule has 0 heterocycles. The van der Waals surface area contributed by atoms with E-state index >= 15 is 0 Å². The number of benzene rings is 1. The molecule has 0 bridgehead atoms. The first-order valence-corrected chi connectivity index (χ1v) is 7.35. The molecule has 0 aromatic heterocycles. The normalized spacial score (nSPS) is 16.9. The number of methoxy groups -OCH3 is 1. The molecule has 17 heavy (non-hydrogen) atoms. The number of hydrogen-bond donors (Lipinski definition) is 1. The van der Waals surface area contributed by atoms with Crippen LogP contribution in [0.1, 0.15) is 25.3 Å². The molecule has 1 aromatic carbocycles. The van der Waals surface area contributed by atoms with Crippen LogP contribution in [0.5, 0.6) is 5.75 Å². The molecule has 1 fully saturated rings. The standard InChI is InChI=1S/C13H17Br2NO/c1-13(3-4-13)8-16-7-9-5-10(14)12(17-2)11(15)6-9/h5-6,16H,3-4,7-8H2,1-2H3.